The van der Waals surface area contributed by atoms with Crippen LogP contribution < -0.4 is 9.97 Å². The number of rotatable bonds is 2. The number of nitriles is 1. The molecule has 0 radical (unpaired) electrons. The molecule has 6 aromatic carbocycles. The molecule has 360 valence electrons. The molecule has 0 amide bonds. The SMILES string of the molecule is CC1(C)c2ccccc2-c2c[c-]c(-c3ccccn3)cc21.CC1(C)c2ccccc2-c2c[c-]c(-c3ccccn3)cc21.N#Cc1ccc2c(n1)[n-]c1ccccc12.[C-]#[N+]c1ccc2c(n1)[n-]c1ccccc12.[Pt+2].[Pt+2]. The zero-order valence-electron chi connectivity index (χ0n) is 40.7. The van der Waals surface area contributed by atoms with Gasteiger partial charge in [0.1, 0.15) is 0 Å². The Kier molecular flexibility index (Phi) is 14.5. The Morgan fingerprint density at radius 3 is 1.41 bits per heavy atom. The van der Waals surface area contributed by atoms with Crippen LogP contribution in [-0.4, -0.2) is 19.9 Å². The summed E-state index contributed by atoms with van der Waals surface area (Å²) in [4.78, 5) is 29.2. The van der Waals surface area contributed by atoms with E-state index in [2.05, 4.69) is 147 Å². The normalized spacial score (nSPS) is 12.6. The molecule has 0 saturated carbocycles. The van der Waals surface area contributed by atoms with Gasteiger partial charge in [-0.1, -0.05) is 202 Å². The number of hydrogen-bond donors (Lipinski definition) is 0. The van der Waals surface area contributed by atoms with E-state index < -0.39 is 0 Å². The molecule has 0 spiro atoms. The van der Waals surface area contributed by atoms with Gasteiger partial charge >= 0.3 is 42.1 Å². The second-order valence-electron chi connectivity index (χ2n) is 18.7. The standard InChI is InChI=1S/2C20H16N.2C12H6N3.2Pt/c2*1-20(2)17-8-4-3-7-15(17)16-11-10-14(13-18(16)20)19-9-5-6-12-21-19;1-13-11-7-6-9-8-4-2-3-5-10(8)14-12(9)15-11;13-7-8-5-6-10-9-3-1-2-4-11(9)15-12(10)14-8;;/h2*3-9,11-13H,1-2H3;2-7H;1-6H;;/q4*-1;2*+2. The fourth-order valence-corrected chi connectivity index (χ4v) is 10.0. The van der Waals surface area contributed by atoms with Gasteiger partial charge in [-0.15, -0.1) is 58.7 Å². The van der Waals surface area contributed by atoms with Crippen LogP contribution in [0.5, 0.6) is 0 Å². The summed E-state index contributed by atoms with van der Waals surface area (Å²) < 4.78 is 0. The van der Waals surface area contributed by atoms with Gasteiger partial charge in [0.25, 0.3) is 0 Å². The molecular weight excluding hydrogens is 1270 g/mol. The number of para-hydroxylation sites is 2. The second kappa shape index (κ2) is 21.1. The Balaban J connectivity index is 0.000000122. The van der Waals surface area contributed by atoms with Crippen LogP contribution in [0.4, 0.5) is 5.82 Å². The van der Waals surface area contributed by atoms with E-state index in [1.165, 1.54) is 44.5 Å². The first kappa shape index (κ1) is 50.8. The first-order valence-corrected chi connectivity index (χ1v) is 23.7. The summed E-state index contributed by atoms with van der Waals surface area (Å²) in [5, 5.41) is 12.9. The fourth-order valence-electron chi connectivity index (χ4n) is 10.0. The Morgan fingerprint density at radius 2 is 0.932 bits per heavy atom. The average molecular weight is 1320 g/mol. The third-order valence-electron chi connectivity index (χ3n) is 13.7. The minimum absolute atomic E-state index is 0. The van der Waals surface area contributed by atoms with Crippen molar-refractivity contribution in [1.29, 1.82) is 5.26 Å². The second-order valence-corrected chi connectivity index (χ2v) is 18.7. The van der Waals surface area contributed by atoms with Gasteiger partial charge in [0, 0.05) is 18.1 Å². The Hall–Kier alpha value is -8.12. The van der Waals surface area contributed by atoms with Crippen LogP contribution in [0.2, 0.25) is 0 Å². The van der Waals surface area contributed by atoms with E-state index in [-0.39, 0.29) is 53.0 Å². The van der Waals surface area contributed by atoms with E-state index in [0.29, 0.717) is 22.8 Å². The van der Waals surface area contributed by atoms with E-state index in [9.17, 15) is 0 Å². The van der Waals surface area contributed by atoms with Crippen molar-refractivity contribution in [3.63, 3.8) is 0 Å². The molecule has 0 atom stereocenters. The molecule has 0 aliphatic heterocycles. The molecule has 0 N–H and O–H groups in total. The van der Waals surface area contributed by atoms with Crippen LogP contribution in [0.3, 0.4) is 0 Å². The van der Waals surface area contributed by atoms with Crippen molar-refractivity contribution in [1.82, 2.24) is 29.9 Å². The summed E-state index contributed by atoms with van der Waals surface area (Å²) in [6.07, 6.45) is 3.66. The molecule has 2 aliphatic rings. The molecule has 74 heavy (non-hydrogen) atoms. The summed E-state index contributed by atoms with van der Waals surface area (Å²) >= 11 is 0. The zero-order chi connectivity index (χ0) is 49.4. The first-order chi connectivity index (χ1) is 35.1. The van der Waals surface area contributed by atoms with E-state index in [1.807, 2.05) is 116 Å². The number of hydrogen-bond acceptors (Lipinski definition) is 5. The topological polar surface area (TPSA) is 108 Å². The maximum Gasteiger partial charge on any atom is 2.00 e. The van der Waals surface area contributed by atoms with Crippen LogP contribution >= 0.6 is 0 Å². The molecule has 2 aliphatic carbocycles. The minimum atomic E-state index is 0. The van der Waals surface area contributed by atoms with Gasteiger partial charge < -0.3 is 34.7 Å². The molecule has 0 bridgehead atoms. The molecule has 0 fully saturated rings. The van der Waals surface area contributed by atoms with Crippen molar-refractivity contribution in [2.75, 3.05) is 0 Å². The molecule has 10 heteroatoms. The summed E-state index contributed by atoms with van der Waals surface area (Å²) in [6.45, 7) is 16.1. The van der Waals surface area contributed by atoms with Crippen molar-refractivity contribution in [2.45, 2.75) is 38.5 Å². The van der Waals surface area contributed by atoms with Crippen LogP contribution in [0.25, 0.3) is 93.5 Å². The third-order valence-corrected chi connectivity index (χ3v) is 13.7. The van der Waals surface area contributed by atoms with Gasteiger partial charge in [0.05, 0.1) is 11.9 Å². The number of benzene rings is 6. The van der Waals surface area contributed by atoms with Crippen LogP contribution in [0.1, 0.15) is 55.6 Å². The van der Waals surface area contributed by atoms with Crippen LogP contribution in [-0.2, 0) is 53.0 Å². The van der Waals surface area contributed by atoms with E-state index in [4.69, 9.17) is 11.8 Å². The maximum atomic E-state index is 8.73. The van der Waals surface area contributed by atoms with Gasteiger partial charge in [-0.05, 0) is 89.8 Å². The Morgan fingerprint density at radius 1 is 0.486 bits per heavy atom. The van der Waals surface area contributed by atoms with E-state index in [0.717, 1.165) is 55.1 Å². The van der Waals surface area contributed by atoms with Gasteiger partial charge in [-0.2, -0.15) is 5.26 Å². The molecular formula is C64H44N8Pt2. The monoisotopic (exact) mass is 1310 g/mol. The zero-order valence-corrected chi connectivity index (χ0v) is 45.2. The van der Waals surface area contributed by atoms with Crippen molar-refractivity contribution in [3.8, 4) is 50.8 Å². The predicted molar refractivity (Wildman–Crippen MR) is 288 cm³/mol. The molecule has 6 heterocycles. The molecule has 12 aromatic rings. The van der Waals surface area contributed by atoms with Crippen molar-refractivity contribution >= 4 is 49.7 Å². The largest absolute Gasteiger partial charge is 2.00 e. The average Bonchev–Trinajstić information content (AvgIpc) is 4.13. The smallest absolute Gasteiger partial charge is 0.481 e. The maximum absolute atomic E-state index is 8.73. The number of nitrogens with zero attached hydrogens (tertiary/aromatic N) is 8. The number of fused-ring (bicyclic) bond motifs is 12. The molecule has 0 saturated heterocycles. The molecule has 8 nitrogen and oxygen atoms in total. The Labute approximate surface area is 459 Å². The van der Waals surface area contributed by atoms with E-state index in [1.54, 1.807) is 12.1 Å². The summed E-state index contributed by atoms with van der Waals surface area (Å²) in [5.74, 6) is 0.394. The third kappa shape index (κ3) is 9.40. The van der Waals surface area contributed by atoms with Crippen LogP contribution in [0.15, 0.2) is 194 Å². The van der Waals surface area contributed by atoms with Gasteiger partial charge in [-0.3, -0.25) is 0 Å². The number of aromatic nitrogens is 6. The van der Waals surface area contributed by atoms with Crippen molar-refractivity contribution in [2.24, 2.45) is 0 Å². The predicted octanol–water partition coefficient (Wildman–Crippen LogP) is 14.8. The molecule has 6 aromatic heterocycles. The number of pyridine rings is 4. The fraction of sp³-hybridized carbons (Fsp3) is 0.0938. The van der Waals surface area contributed by atoms with Crippen molar-refractivity contribution < 1.29 is 42.1 Å². The first-order valence-electron chi connectivity index (χ1n) is 23.7. The van der Waals surface area contributed by atoms with Crippen molar-refractivity contribution in [3.05, 3.63) is 246 Å². The summed E-state index contributed by atoms with van der Waals surface area (Å²) in [7, 11) is 0. The quantitative estimate of drug-likeness (QED) is 0.159. The minimum Gasteiger partial charge on any atom is -0.481 e. The van der Waals surface area contributed by atoms with Gasteiger partial charge in [0.15, 0.2) is 0 Å². The molecule has 14 rings (SSSR count). The summed E-state index contributed by atoms with van der Waals surface area (Å²) in [6, 6.07) is 69.9. The van der Waals surface area contributed by atoms with Gasteiger partial charge in [0.2, 0.25) is 0 Å². The van der Waals surface area contributed by atoms with E-state index >= 15 is 0 Å². The van der Waals surface area contributed by atoms with Gasteiger partial charge in [-0.25, -0.2) is 0 Å². The Bertz CT molecular complexity index is 3820. The van der Waals surface area contributed by atoms with Crippen LogP contribution in [0, 0.1) is 30.0 Å². The summed E-state index contributed by atoms with van der Waals surface area (Å²) in [5.41, 5.74) is 18.5. The molecule has 0 unspecified atom stereocenters.